The molecule has 0 aliphatic heterocycles. The topological polar surface area (TPSA) is 0 Å². The SMILES string of the molecule is c1ccc2cc3cc4c(cc3cc2c1)sc1ccccc14.c1ccc2cc3cc4c(cc3cc2c1)sc1ccccc14. The molecule has 0 fully saturated rings. The fourth-order valence-electron chi connectivity index (χ4n) is 6.33. The largest absolute Gasteiger partial charge is 0.135 e. The van der Waals surface area contributed by atoms with Crippen molar-refractivity contribution >= 4 is 106 Å². The van der Waals surface area contributed by atoms with Gasteiger partial charge in [-0.2, -0.15) is 0 Å². The van der Waals surface area contributed by atoms with Crippen molar-refractivity contribution in [3.8, 4) is 0 Å². The van der Waals surface area contributed by atoms with Gasteiger partial charge >= 0.3 is 0 Å². The minimum Gasteiger partial charge on any atom is -0.135 e. The van der Waals surface area contributed by atoms with Gasteiger partial charge in [0.1, 0.15) is 0 Å². The van der Waals surface area contributed by atoms with Crippen molar-refractivity contribution in [2.45, 2.75) is 0 Å². The maximum atomic E-state index is 2.34. The number of rotatable bonds is 0. The molecule has 10 rings (SSSR count). The summed E-state index contributed by atoms with van der Waals surface area (Å²) in [5, 5.41) is 16.0. The molecule has 0 saturated carbocycles. The lowest BCUT2D eigenvalue weighted by Gasteiger charge is -2.03. The van der Waals surface area contributed by atoms with Gasteiger partial charge in [-0.25, -0.2) is 0 Å². The summed E-state index contributed by atoms with van der Waals surface area (Å²) in [6.45, 7) is 0. The molecule has 0 N–H and O–H groups in total. The second kappa shape index (κ2) is 9.39. The molecule has 8 aromatic carbocycles. The zero-order chi connectivity index (χ0) is 27.6. The van der Waals surface area contributed by atoms with Crippen LogP contribution in [0.2, 0.25) is 0 Å². The van der Waals surface area contributed by atoms with Crippen molar-refractivity contribution in [2.75, 3.05) is 0 Å². The fraction of sp³-hybridized carbons (Fsp3) is 0. The van der Waals surface area contributed by atoms with Gasteiger partial charge < -0.3 is 0 Å². The zero-order valence-corrected chi connectivity index (χ0v) is 24.3. The van der Waals surface area contributed by atoms with Gasteiger partial charge in [0.25, 0.3) is 0 Å². The number of thiophene rings is 2. The third kappa shape index (κ3) is 3.88. The van der Waals surface area contributed by atoms with E-state index in [1.54, 1.807) is 0 Å². The predicted octanol–water partition coefficient (Wildman–Crippen LogP) is 12.7. The lowest BCUT2D eigenvalue weighted by Crippen LogP contribution is -1.76. The molecule has 10 aromatic rings. The van der Waals surface area contributed by atoms with E-state index in [-0.39, 0.29) is 0 Å². The number of hydrogen-bond acceptors (Lipinski definition) is 2. The first kappa shape index (κ1) is 23.9. The Balaban J connectivity index is 0.000000119. The molecule has 0 nitrogen and oxygen atoms in total. The van der Waals surface area contributed by atoms with Crippen LogP contribution in [0.3, 0.4) is 0 Å². The lowest BCUT2D eigenvalue weighted by molar-refractivity contribution is 1.80. The van der Waals surface area contributed by atoms with E-state index in [0.29, 0.717) is 0 Å². The van der Waals surface area contributed by atoms with E-state index in [9.17, 15) is 0 Å². The van der Waals surface area contributed by atoms with Crippen LogP contribution in [0.25, 0.3) is 83.4 Å². The van der Waals surface area contributed by atoms with E-state index in [1.165, 1.54) is 83.4 Å². The van der Waals surface area contributed by atoms with E-state index in [1.807, 2.05) is 22.7 Å². The average Bonchev–Trinajstić information content (AvgIpc) is 3.58. The van der Waals surface area contributed by atoms with Crippen LogP contribution < -0.4 is 0 Å². The van der Waals surface area contributed by atoms with Crippen molar-refractivity contribution < 1.29 is 0 Å². The second-order valence-corrected chi connectivity index (χ2v) is 13.2. The summed E-state index contributed by atoms with van der Waals surface area (Å²) < 4.78 is 5.48. The standard InChI is InChI=1S/2C20H12S/c2*1-2-6-14-10-16-12-20-18(11-15(16)9-13(14)5-1)17-7-3-4-8-19(17)21-20/h2*1-12H. The molecular weight excluding hydrogens is 545 g/mol. The molecule has 0 aliphatic carbocycles. The second-order valence-electron chi connectivity index (χ2n) is 11.0. The number of benzene rings is 8. The van der Waals surface area contributed by atoms with Crippen LogP contribution in [0.1, 0.15) is 0 Å². The van der Waals surface area contributed by atoms with Crippen LogP contribution >= 0.6 is 22.7 Å². The monoisotopic (exact) mass is 568 g/mol. The summed E-state index contributed by atoms with van der Waals surface area (Å²) >= 11 is 3.76. The molecule has 2 aromatic heterocycles. The van der Waals surface area contributed by atoms with Crippen LogP contribution in [0.4, 0.5) is 0 Å². The predicted molar refractivity (Wildman–Crippen MR) is 189 cm³/mol. The maximum absolute atomic E-state index is 2.34. The van der Waals surface area contributed by atoms with E-state index in [2.05, 4.69) is 146 Å². The Kier molecular flexibility index (Phi) is 5.34. The molecule has 42 heavy (non-hydrogen) atoms. The first-order valence-electron chi connectivity index (χ1n) is 14.2. The molecule has 196 valence electrons. The Morgan fingerprint density at radius 1 is 0.238 bits per heavy atom. The van der Waals surface area contributed by atoms with Gasteiger partial charge in [0, 0.05) is 40.3 Å². The highest BCUT2D eigenvalue weighted by Gasteiger charge is 2.08. The zero-order valence-electron chi connectivity index (χ0n) is 22.7. The summed E-state index contributed by atoms with van der Waals surface area (Å²) in [4.78, 5) is 0. The Morgan fingerprint density at radius 2 is 0.571 bits per heavy atom. The van der Waals surface area contributed by atoms with Crippen molar-refractivity contribution in [2.24, 2.45) is 0 Å². The summed E-state index contributed by atoms with van der Waals surface area (Å²) in [6.07, 6.45) is 0. The first-order valence-corrected chi connectivity index (χ1v) is 15.9. The van der Waals surface area contributed by atoms with Gasteiger partial charge in [-0.3, -0.25) is 0 Å². The average molecular weight is 569 g/mol. The molecule has 0 unspecified atom stereocenters. The van der Waals surface area contributed by atoms with Gasteiger partial charge in [-0.15, -0.1) is 22.7 Å². The van der Waals surface area contributed by atoms with Gasteiger partial charge in [-0.05, 0) is 104 Å². The van der Waals surface area contributed by atoms with Crippen LogP contribution in [0.15, 0.2) is 146 Å². The minimum atomic E-state index is 1.31. The van der Waals surface area contributed by atoms with Crippen molar-refractivity contribution in [3.63, 3.8) is 0 Å². The third-order valence-corrected chi connectivity index (χ3v) is 10.7. The van der Waals surface area contributed by atoms with Crippen molar-refractivity contribution in [1.82, 2.24) is 0 Å². The van der Waals surface area contributed by atoms with Crippen molar-refractivity contribution in [1.29, 1.82) is 0 Å². The highest BCUT2D eigenvalue weighted by molar-refractivity contribution is 7.26. The van der Waals surface area contributed by atoms with Gasteiger partial charge in [-0.1, -0.05) is 84.9 Å². The van der Waals surface area contributed by atoms with Crippen LogP contribution in [-0.2, 0) is 0 Å². The third-order valence-electron chi connectivity index (χ3n) is 8.40. The minimum absolute atomic E-state index is 1.31. The number of fused-ring (bicyclic) bond motifs is 10. The molecule has 0 amide bonds. The van der Waals surface area contributed by atoms with E-state index in [0.717, 1.165) is 0 Å². The van der Waals surface area contributed by atoms with E-state index in [4.69, 9.17) is 0 Å². The summed E-state index contributed by atoms with van der Waals surface area (Å²) in [7, 11) is 0. The quantitative estimate of drug-likeness (QED) is 0.160. The van der Waals surface area contributed by atoms with E-state index < -0.39 is 0 Å². The molecule has 0 atom stereocenters. The Morgan fingerprint density at radius 3 is 0.976 bits per heavy atom. The summed E-state index contributed by atoms with van der Waals surface area (Å²) in [6, 6.07) is 53.1. The van der Waals surface area contributed by atoms with Crippen LogP contribution in [-0.4, -0.2) is 0 Å². The van der Waals surface area contributed by atoms with Gasteiger partial charge in [0.05, 0.1) is 0 Å². The lowest BCUT2D eigenvalue weighted by atomic mass is 10.0. The Bertz CT molecular complexity index is 2440. The maximum Gasteiger partial charge on any atom is 0.0361 e. The normalized spacial score (nSPS) is 11.8. The smallest absolute Gasteiger partial charge is 0.0361 e. The van der Waals surface area contributed by atoms with Gasteiger partial charge in [0.15, 0.2) is 0 Å². The molecule has 0 bridgehead atoms. The first-order chi connectivity index (χ1) is 20.8. The highest BCUT2D eigenvalue weighted by Crippen LogP contribution is 2.38. The molecule has 2 heteroatoms. The summed E-state index contributed by atoms with van der Waals surface area (Å²) in [5.41, 5.74) is 0. The Labute approximate surface area is 250 Å². The summed E-state index contributed by atoms with van der Waals surface area (Å²) in [5.74, 6) is 0. The molecule has 0 spiro atoms. The van der Waals surface area contributed by atoms with Crippen molar-refractivity contribution in [3.05, 3.63) is 146 Å². The molecule has 0 radical (unpaired) electrons. The highest BCUT2D eigenvalue weighted by atomic mass is 32.1. The number of hydrogen-bond donors (Lipinski definition) is 0. The Hall–Kier alpha value is -4.76. The molecule has 2 heterocycles. The van der Waals surface area contributed by atoms with E-state index >= 15 is 0 Å². The van der Waals surface area contributed by atoms with Gasteiger partial charge in [0.2, 0.25) is 0 Å². The van der Waals surface area contributed by atoms with Crippen LogP contribution in [0, 0.1) is 0 Å². The molecule has 0 saturated heterocycles. The molecule has 0 aliphatic rings. The molecular formula is C40H24S2. The fourth-order valence-corrected chi connectivity index (χ4v) is 8.60. The van der Waals surface area contributed by atoms with Crippen LogP contribution in [0.5, 0.6) is 0 Å².